The number of rotatable bonds is 4. The van der Waals surface area contributed by atoms with Crippen LogP contribution >= 0.6 is 11.3 Å². The lowest BCUT2D eigenvalue weighted by Gasteiger charge is -2.14. The number of carbonyl (C=O) groups excluding carboxylic acids is 1. The Morgan fingerprint density at radius 3 is 3.04 bits per heavy atom. The lowest BCUT2D eigenvalue weighted by atomic mass is 10.2. The van der Waals surface area contributed by atoms with Crippen LogP contribution in [-0.2, 0) is 17.8 Å². The molecular formula is C16H21N5OS. The summed E-state index contributed by atoms with van der Waals surface area (Å²) in [6, 6.07) is -0.163. The number of hydrogen-bond donors (Lipinski definition) is 1. The van der Waals surface area contributed by atoms with Gasteiger partial charge in [-0.3, -0.25) is 4.79 Å². The Morgan fingerprint density at radius 1 is 1.39 bits per heavy atom. The third-order valence-electron chi connectivity index (χ3n) is 3.93. The topological polar surface area (TPSA) is 72.7 Å². The number of hydrogen-bond acceptors (Lipinski definition) is 5. The zero-order chi connectivity index (χ0) is 16.2. The Balaban J connectivity index is 1.64. The quantitative estimate of drug-likeness (QED) is 0.874. The number of nitrogens with zero attached hydrogens (tertiary/aromatic N) is 4. The Morgan fingerprint density at radius 2 is 2.26 bits per heavy atom. The molecule has 3 rings (SSSR count). The maximum Gasteiger partial charge on any atom is 0.244 e. The number of thiazole rings is 1. The van der Waals surface area contributed by atoms with Gasteiger partial charge in [0.15, 0.2) is 5.82 Å². The third kappa shape index (κ3) is 3.85. The molecule has 0 aliphatic carbocycles. The van der Waals surface area contributed by atoms with Crippen LogP contribution < -0.4 is 5.32 Å². The molecule has 0 fully saturated rings. The maximum atomic E-state index is 12.1. The minimum Gasteiger partial charge on any atom is -0.343 e. The summed E-state index contributed by atoms with van der Waals surface area (Å²) in [7, 11) is 0. The minimum atomic E-state index is -0.163. The van der Waals surface area contributed by atoms with Crippen LogP contribution in [0.1, 0.15) is 54.6 Å². The van der Waals surface area contributed by atoms with Crippen molar-refractivity contribution in [1.29, 1.82) is 0 Å². The highest BCUT2D eigenvalue weighted by atomic mass is 32.1. The van der Waals surface area contributed by atoms with Crippen molar-refractivity contribution in [2.24, 2.45) is 0 Å². The van der Waals surface area contributed by atoms with E-state index in [2.05, 4.69) is 25.1 Å². The molecule has 1 unspecified atom stereocenters. The highest BCUT2D eigenvalue weighted by molar-refractivity contribution is 7.09. The van der Waals surface area contributed by atoms with E-state index in [9.17, 15) is 4.79 Å². The highest BCUT2D eigenvalue weighted by Gasteiger charge is 2.19. The van der Waals surface area contributed by atoms with Crippen LogP contribution in [-0.4, -0.2) is 25.7 Å². The van der Waals surface area contributed by atoms with Gasteiger partial charge in [0.2, 0.25) is 5.91 Å². The van der Waals surface area contributed by atoms with Crippen molar-refractivity contribution in [2.45, 2.75) is 52.1 Å². The van der Waals surface area contributed by atoms with E-state index >= 15 is 0 Å². The summed E-state index contributed by atoms with van der Waals surface area (Å²) >= 11 is 1.57. The zero-order valence-electron chi connectivity index (χ0n) is 13.5. The number of nitrogens with one attached hydrogen (secondary N) is 1. The first kappa shape index (κ1) is 15.9. The van der Waals surface area contributed by atoms with Crippen LogP contribution in [0.25, 0.3) is 6.08 Å². The summed E-state index contributed by atoms with van der Waals surface area (Å²) in [6.07, 6.45) is 7.74. The maximum absolute atomic E-state index is 12.1. The molecular weight excluding hydrogens is 310 g/mol. The number of fused-ring (bicyclic) bond motifs is 1. The summed E-state index contributed by atoms with van der Waals surface area (Å²) in [5.41, 5.74) is 0.812. The van der Waals surface area contributed by atoms with Crippen LogP contribution in [0.4, 0.5) is 0 Å². The van der Waals surface area contributed by atoms with Gasteiger partial charge in [-0.25, -0.2) is 4.98 Å². The van der Waals surface area contributed by atoms with Gasteiger partial charge in [0.1, 0.15) is 5.82 Å². The van der Waals surface area contributed by atoms with E-state index < -0.39 is 0 Å². The molecule has 6 nitrogen and oxygen atoms in total. The van der Waals surface area contributed by atoms with E-state index in [1.807, 2.05) is 19.2 Å². The summed E-state index contributed by atoms with van der Waals surface area (Å²) in [4.78, 5) is 16.4. The van der Waals surface area contributed by atoms with Crippen LogP contribution in [0.15, 0.2) is 11.5 Å². The summed E-state index contributed by atoms with van der Waals surface area (Å²) in [5.74, 6) is 1.73. The number of amides is 1. The van der Waals surface area contributed by atoms with E-state index in [1.54, 1.807) is 17.4 Å². The smallest absolute Gasteiger partial charge is 0.244 e. The standard InChI is InChI=1S/C16H21N5OS/c1-11(16-20-19-14-6-4-3-5-9-21(14)16)17-15(22)8-7-13-10-23-12(2)18-13/h7-8,10-11H,3-6,9H2,1-2H3,(H,17,22). The summed E-state index contributed by atoms with van der Waals surface area (Å²) in [5, 5.41) is 14.4. The molecule has 0 bridgehead atoms. The molecule has 0 radical (unpaired) electrons. The van der Waals surface area contributed by atoms with Crippen molar-refractivity contribution >= 4 is 23.3 Å². The Hall–Kier alpha value is -2.02. The first-order chi connectivity index (χ1) is 11.1. The first-order valence-electron chi connectivity index (χ1n) is 7.96. The molecule has 23 heavy (non-hydrogen) atoms. The second kappa shape index (κ2) is 7.04. The minimum absolute atomic E-state index is 0.144. The predicted molar refractivity (Wildman–Crippen MR) is 90.0 cm³/mol. The predicted octanol–water partition coefficient (Wildman–Crippen LogP) is 2.66. The normalized spacial score (nSPS) is 16.1. The van der Waals surface area contributed by atoms with Crippen LogP contribution in [0.3, 0.4) is 0 Å². The van der Waals surface area contributed by atoms with Gasteiger partial charge >= 0.3 is 0 Å². The van der Waals surface area contributed by atoms with E-state index in [0.29, 0.717) is 0 Å². The summed E-state index contributed by atoms with van der Waals surface area (Å²) < 4.78 is 2.16. The number of aromatic nitrogens is 4. The molecule has 3 heterocycles. The molecule has 0 spiro atoms. The fourth-order valence-corrected chi connectivity index (χ4v) is 3.35. The molecule has 2 aromatic rings. The lowest BCUT2D eigenvalue weighted by molar-refractivity contribution is -0.117. The van der Waals surface area contributed by atoms with Crippen molar-refractivity contribution in [1.82, 2.24) is 25.1 Å². The Bertz CT molecular complexity index is 718. The van der Waals surface area contributed by atoms with Gasteiger partial charge in [-0.15, -0.1) is 21.5 Å². The molecule has 1 amide bonds. The van der Waals surface area contributed by atoms with E-state index in [0.717, 1.165) is 48.2 Å². The molecule has 122 valence electrons. The van der Waals surface area contributed by atoms with E-state index in [4.69, 9.17) is 0 Å². The van der Waals surface area contributed by atoms with E-state index in [1.165, 1.54) is 12.5 Å². The zero-order valence-corrected chi connectivity index (χ0v) is 14.3. The van der Waals surface area contributed by atoms with Gasteiger partial charge in [0, 0.05) is 24.4 Å². The largest absolute Gasteiger partial charge is 0.343 e. The Kier molecular flexibility index (Phi) is 4.85. The molecule has 1 atom stereocenters. The van der Waals surface area contributed by atoms with Crippen molar-refractivity contribution in [3.63, 3.8) is 0 Å². The molecule has 1 aliphatic rings. The summed E-state index contributed by atoms with van der Waals surface area (Å²) in [6.45, 7) is 4.83. The van der Waals surface area contributed by atoms with Gasteiger partial charge < -0.3 is 9.88 Å². The average Bonchev–Trinajstić information content (AvgIpc) is 3.05. The fraction of sp³-hybridized carbons (Fsp3) is 0.500. The van der Waals surface area contributed by atoms with Crippen molar-refractivity contribution in [3.05, 3.63) is 33.8 Å². The average molecular weight is 331 g/mol. The van der Waals surface area contributed by atoms with Crippen molar-refractivity contribution in [3.8, 4) is 0 Å². The fourth-order valence-electron chi connectivity index (χ4n) is 2.77. The molecule has 0 saturated carbocycles. The SMILES string of the molecule is Cc1nc(C=CC(=O)NC(C)c2nnc3n2CCCCC3)cs1. The molecule has 0 saturated heterocycles. The van der Waals surface area contributed by atoms with Crippen LogP contribution in [0, 0.1) is 6.92 Å². The lowest BCUT2D eigenvalue weighted by Crippen LogP contribution is -2.27. The third-order valence-corrected chi connectivity index (χ3v) is 4.72. The van der Waals surface area contributed by atoms with Gasteiger partial charge in [-0.2, -0.15) is 0 Å². The molecule has 7 heteroatoms. The van der Waals surface area contributed by atoms with Gasteiger partial charge in [0.05, 0.1) is 16.7 Å². The van der Waals surface area contributed by atoms with Crippen molar-refractivity contribution < 1.29 is 4.79 Å². The second-order valence-electron chi connectivity index (χ2n) is 5.79. The first-order valence-corrected chi connectivity index (χ1v) is 8.84. The second-order valence-corrected chi connectivity index (χ2v) is 6.85. The molecule has 2 aromatic heterocycles. The molecule has 1 aliphatic heterocycles. The molecule has 0 aromatic carbocycles. The number of carbonyl (C=O) groups is 1. The van der Waals surface area contributed by atoms with Crippen molar-refractivity contribution in [2.75, 3.05) is 0 Å². The number of aryl methyl sites for hydroxylation is 2. The van der Waals surface area contributed by atoms with Crippen LogP contribution in [0.2, 0.25) is 0 Å². The highest BCUT2D eigenvalue weighted by Crippen LogP contribution is 2.18. The van der Waals surface area contributed by atoms with Gasteiger partial charge in [-0.1, -0.05) is 6.42 Å². The Labute approximate surface area is 139 Å². The monoisotopic (exact) mass is 331 g/mol. The van der Waals surface area contributed by atoms with E-state index in [-0.39, 0.29) is 11.9 Å². The van der Waals surface area contributed by atoms with Gasteiger partial charge in [-0.05, 0) is 32.8 Å². The van der Waals surface area contributed by atoms with Crippen LogP contribution in [0.5, 0.6) is 0 Å². The van der Waals surface area contributed by atoms with Gasteiger partial charge in [0.25, 0.3) is 0 Å². The molecule has 1 N–H and O–H groups in total.